The predicted octanol–water partition coefficient (Wildman–Crippen LogP) is 5.33. The van der Waals surface area contributed by atoms with Crippen molar-refractivity contribution in [1.82, 2.24) is 19.8 Å². The fourth-order valence-corrected chi connectivity index (χ4v) is 5.53. The van der Waals surface area contributed by atoms with Gasteiger partial charge in [0, 0.05) is 41.9 Å². The molecule has 3 heterocycles. The molecule has 0 bridgehead atoms. The Bertz CT molecular complexity index is 1550. The van der Waals surface area contributed by atoms with E-state index in [1.54, 1.807) is 30.5 Å². The van der Waals surface area contributed by atoms with Crippen LogP contribution in [-0.4, -0.2) is 43.1 Å². The number of carbonyl (C=O) groups is 2. The summed E-state index contributed by atoms with van der Waals surface area (Å²) in [5, 5.41) is 16.0. The SMILES string of the molecule is Cc1cc([C@@H]2[C@H](c3ccccn3)NC(=S)N2CCC(=O)Nc2ccc(F)cc2)c(C)n1-c1ccc(C(=O)O)cc1. The number of carboxylic acids is 1. The maximum absolute atomic E-state index is 13.3. The first-order chi connectivity index (χ1) is 19.2. The summed E-state index contributed by atoms with van der Waals surface area (Å²) in [6.45, 7) is 4.37. The number of halogens is 1. The molecule has 10 heteroatoms. The molecule has 2 aromatic heterocycles. The molecule has 1 amide bonds. The average Bonchev–Trinajstić information content (AvgIpc) is 3.43. The molecule has 0 unspecified atom stereocenters. The lowest BCUT2D eigenvalue weighted by Gasteiger charge is -2.28. The van der Waals surface area contributed by atoms with Crippen molar-refractivity contribution in [2.24, 2.45) is 0 Å². The number of nitrogens with one attached hydrogen (secondary N) is 2. The largest absolute Gasteiger partial charge is 0.478 e. The summed E-state index contributed by atoms with van der Waals surface area (Å²) >= 11 is 5.76. The number of anilines is 1. The summed E-state index contributed by atoms with van der Waals surface area (Å²) in [4.78, 5) is 30.7. The van der Waals surface area contributed by atoms with Crippen LogP contribution in [0.2, 0.25) is 0 Å². The fourth-order valence-electron chi connectivity index (χ4n) is 5.20. The molecule has 2 atom stereocenters. The number of aryl methyl sites for hydroxylation is 1. The number of aromatic nitrogens is 2. The van der Waals surface area contributed by atoms with E-state index in [4.69, 9.17) is 12.2 Å². The van der Waals surface area contributed by atoms with Crippen LogP contribution in [0.25, 0.3) is 5.69 Å². The third kappa shape index (κ3) is 5.43. The van der Waals surface area contributed by atoms with E-state index in [-0.39, 0.29) is 35.8 Å². The molecule has 1 aliphatic rings. The number of hydrogen-bond acceptors (Lipinski definition) is 4. The molecule has 1 fully saturated rings. The first kappa shape index (κ1) is 27.0. The van der Waals surface area contributed by atoms with Crippen LogP contribution in [0.1, 0.15) is 51.5 Å². The Morgan fingerprint density at radius 1 is 1.07 bits per heavy atom. The van der Waals surface area contributed by atoms with Crippen molar-refractivity contribution in [3.8, 4) is 5.69 Å². The molecule has 5 rings (SSSR count). The fraction of sp³-hybridized carbons (Fsp3) is 0.200. The van der Waals surface area contributed by atoms with Crippen LogP contribution in [0.3, 0.4) is 0 Å². The molecule has 4 aromatic rings. The molecule has 40 heavy (non-hydrogen) atoms. The second-order valence-electron chi connectivity index (χ2n) is 9.64. The number of rotatable bonds is 8. The van der Waals surface area contributed by atoms with E-state index in [0.29, 0.717) is 17.3 Å². The molecule has 1 saturated heterocycles. The topological polar surface area (TPSA) is 99.5 Å². The maximum atomic E-state index is 13.3. The van der Waals surface area contributed by atoms with E-state index in [1.165, 1.54) is 24.3 Å². The van der Waals surface area contributed by atoms with Gasteiger partial charge in [-0.2, -0.15) is 0 Å². The molecule has 2 aromatic carbocycles. The van der Waals surface area contributed by atoms with Crippen LogP contribution in [0.15, 0.2) is 79.0 Å². The van der Waals surface area contributed by atoms with Crippen LogP contribution in [0.5, 0.6) is 0 Å². The Morgan fingerprint density at radius 3 is 2.45 bits per heavy atom. The normalized spacial score (nSPS) is 16.6. The van der Waals surface area contributed by atoms with Gasteiger partial charge in [0.1, 0.15) is 5.82 Å². The van der Waals surface area contributed by atoms with Crippen molar-refractivity contribution >= 4 is 34.9 Å². The van der Waals surface area contributed by atoms with Gasteiger partial charge >= 0.3 is 5.97 Å². The lowest BCUT2D eigenvalue weighted by atomic mass is 9.96. The number of hydrogen-bond donors (Lipinski definition) is 3. The van der Waals surface area contributed by atoms with Crippen molar-refractivity contribution in [2.75, 3.05) is 11.9 Å². The Hall–Kier alpha value is -4.57. The maximum Gasteiger partial charge on any atom is 0.335 e. The second-order valence-corrected chi connectivity index (χ2v) is 10.0. The molecule has 0 spiro atoms. The number of nitrogens with zero attached hydrogens (tertiary/aromatic N) is 3. The van der Waals surface area contributed by atoms with Gasteiger partial charge in [0.25, 0.3) is 0 Å². The van der Waals surface area contributed by atoms with E-state index in [0.717, 1.165) is 28.3 Å². The van der Waals surface area contributed by atoms with Crippen LogP contribution in [0, 0.1) is 19.7 Å². The quantitative estimate of drug-likeness (QED) is 0.252. The Labute approximate surface area is 236 Å². The molecule has 204 valence electrons. The highest BCUT2D eigenvalue weighted by atomic mass is 32.1. The van der Waals surface area contributed by atoms with Gasteiger partial charge in [0.15, 0.2) is 5.11 Å². The highest BCUT2D eigenvalue weighted by Gasteiger charge is 2.41. The zero-order valence-electron chi connectivity index (χ0n) is 22.0. The van der Waals surface area contributed by atoms with E-state index in [2.05, 4.69) is 26.3 Å². The van der Waals surface area contributed by atoms with Crippen LogP contribution in [0.4, 0.5) is 10.1 Å². The Kier molecular flexibility index (Phi) is 7.61. The molecule has 0 saturated carbocycles. The summed E-state index contributed by atoms with van der Waals surface area (Å²) in [5.41, 5.74) is 5.37. The Balaban J connectivity index is 1.46. The van der Waals surface area contributed by atoms with Gasteiger partial charge in [-0.1, -0.05) is 6.07 Å². The molecule has 0 aliphatic carbocycles. The Morgan fingerprint density at radius 2 is 1.80 bits per heavy atom. The van der Waals surface area contributed by atoms with E-state index in [1.807, 2.05) is 36.9 Å². The summed E-state index contributed by atoms with van der Waals surface area (Å²) in [6, 6.07) is 19.7. The highest BCUT2D eigenvalue weighted by molar-refractivity contribution is 7.80. The van der Waals surface area contributed by atoms with Crippen LogP contribution >= 0.6 is 12.2 Å². The monoisotopic (exact) mass is 557 g/mol. The number of carbonyl (C=O) groups excluding carboxylic acids is 1. The minimum atomic E-state index is -0.976. The van der Waals surface area contributed by atoms with Crippen molar-refractivity contribution in [3.05, 3.63) is 113 Å². The number of amides is 1. The zero-order valence-corrected chi connectivity index (χ0v) is 22.8. The van der Waals surface area contributed by atoms with Gasteiger partial charge in [0.05, 0.1) is 23.3 Å². The van der Waals surface area contributed by atoms with Gasteiger partial charge in [-0.05, 0) is 98.4 Å². The smallest absolute Gasteiger partial charge is 0.335 e. The number of aromatic carboxylic acids is 1. The zero-order chi connectivity index (χ0) is 28.4. The average molecular weight is 558 g/mol. The number of thiocarbonyl (C=S) groups is 1. The third-order valence-electron chi connectivity index (χ3n) is 7.07. The van der Waals surface area contributed by atoms with Crippen LogP contribution < -0.4 is 10.6 Å². The summed E-state index contributed by atoms with van der Waals surface area (Å²) in [6.07, 6.45) is 1.91. The van der Waals surface area contributed by atoms with Crippen molar-refractivity contribution in [3.63, 3.8) is 0 Å². The standard InChI is InChI=1S/C30H28FN5O3S/c1-18-17-24(19(2)36(18)23-12-6-20(7-13-23)29(38)39)28-27(25-5-3-4-15-32-25)34-30(40)35(28)16-14-26(37)33-22-10-8-21(31)9-11-22/h3-13,15,17,27-28H,14,16H2,1-2H3,(H,33,37)(H,34,40)(H,38,39)/t27-,28+/m0/s1. The van der Waals surface area contributed by atoms with Gasteiger partial charge in [-0.25, -0.2) is 9.18 Å². The highest BCUT2D eigenvalue weighted by Crippen LogP contribution is 2.41. The molecular weight excluding hydrogens is 529 g/mol. The van der Waals surface area contributed by atoms with Gasteiger partial charge in [0.2, 0.25) is 5.91 Å². The molecule has 0 radical (unpaired) electrons. The molecule has 8 nitrogen and oxygen atoms in total. The summed E-state index contributed by atoms with van der Waals surface area (Å²) in [7, 11) is 0. The second kappa shape index (κ2) is 11.3. The lowest BCUT2D eigenvalue weighted by Crippen LogP contribution is -2.32. The molecule has 1 aliphatic heterocycles. The molecular formula is C30H28FN5O3S. The first-order valence-corrected chi connectivity index (χ1v) is 13.2. The van der Waals surface area contributed by atoms with Gasteiger partial charge in [-0.3, -0.25) is 9.78 Å². The van der Waals surface area contributed by atoms with Crippen molar-refractivity contribution < 1.29 is 19.1 Å². The third-order valence-corrected chi connectivity index (χ3v) is 7.42. The number of carboxylic acid groups (broad SMARTS) is 1. The minimum absolute atomic E-state index is 0.167. The van der Waals surface area contributed by atoms with E-state index in [9.17, 15) is 19.1 Å². The first-order valence-electron chi connectivity index (χ1n) is 12.8. The van der Waals surface area contributed by atoms with Crippen molar-refractivity contribution in [1.29, 1.82) is 0 Å². The summed E-state index contributed by atoms with van der Waals surface area (Å²) in [5.74, 6) is -1.56. The molecule has 3 N–H and O–H groups in total. The summed E-state index contributed by atoms with van der Waals surface area (Å²) < 4.78 is 15.3. The van der Waals surface area contributed by atoms with E-state index >= 15 is 0 Å². The van der Waals surface area contributed by atoms with Gasteiger partial charge < -0.3 is 25.2 Å². The van der Waals surface area contributed by atoms with Crippen LogP contribution in [-0.2, 0) is 4.79 Å². The lowest BCUT2D eigenvalue weighted by molar-refractivity contribution is -0.116. The number of benzene rings is 2. The minimum Gasteiger partial charge on any atom is -0.478 e. The van der Waals surface area contributed by atoms with E-state index < -0.39 is 5.97 Å². The van der Waals surface area contributed by atoms with Crippen molar-refractivity contribution in [2.45, 2.75) is 32.4 Å². The van der Waals surface area contributed by atoms with Gasteiger partial charge in [-0.15, -0.1) is 0 Å². The predicted molar refractivity (Wildman–Crippen MR) is 154 cm³/mol. The number of pyridine rings is 1.